The molecular formula is C12H15FN2O2. The Labute approximate surface area is 98.9 Å². The van der Waals surface area contributed by atoms with Crippen molar-refractivity contribution in [3.05, 3.63) is 29.6 Å². The lowest BCUT2D eigenvalue weighted by Crippen LogP contribution is -2.37. The van der Waals surface area contributed by atoms with E-state index in [9.17, 15) is 9.18 Å². The van der Waals surface area contributed by atoms with Crippen LogP contribution in [-0.2, 0) is 9.53 Å². The van der Waals surface area contributed by atoms with Crippen LogP contribution in [0.3, 0.4) is 0 Å². The lowest BCUT2D eigenvalue weighted by atomic mass is 10.0. The van der Waals surface area contributed by atoms with E-state index in [2.05, 4.69) is 5.32 Å². The van der Waals surface area contributed by atoms with Gasteiger partial charge in [-0.25, -0.2) is 4.39 Å². The average molecular weight is 238 g/mol. The number of amides is 1. The second-order valence-corrected chi connectivity index (χ2v) is 4.26. The molecule has 0 saturated carbocycles. The highest BCUT2D eigenvalue weighted by atomic mass is 19.1. The van der Waals surface area contributed by atoms with E-state index in [1.165, 1.54) is 12.1 Å². The molecule has 1 saturated heterocycles. The summed E-state index contributed by atoms with van der Waals surface area (Å²) in [5.74, 6) is -0.959. The molecular weight excluding hydrogens is 223 g/mol. The van der Waals surface area contributed by atoms with E-state index >= 15 is 0 Å². The second kappa shape index (κ2) is 4.81. The van der Waals surface area contributed by atoms with E-state index in [0.29, 0.717) is 18.9 Å². The molecule has 1 fully saturated rings. The monoisotopic (exact) mass is 238 g/mol. The summed E-state index contributed by atoms with van der Waals surface area (Å²) in [6.45, 7) is 2.52. The van der Waals surface area contributed by atoms with Crippen molar-refractivity contribution in [1.82, 2.24) is 0 Å². The number of benzene rings is 1. The number of nitrogens with one attached hydrogen (secondary N) is 1. The van der Waals surface area contributed by atoms with Crippen LogP contribution in [0.25, 0.3) is 0 Å². The molecule has 1 aromatic rings. The van der Waals surface area contributed by atoms with Crippen LogP contribution < -0.4 is 11.1 Å². The largest absolute Gasteiger partial charge is 0.379 e. The Morgan fingerprint density at radius 1 is 1.53 bits per heavy atom. The lowest BCUT2D eigenvalue weighted by molar-refractivity contribution is -0.120. The number of nitrogens with two attached hydrogens (primary N) is 1. The van der Waals surface area contributed by atoms with E-state index in [1.54, 1.807) is 13.0 Å². The third-order valence-corrected chi connectivity index (χ3v) is 2.92. The summed E-state index contributed by atoms with van der Waals surface area (Å²) < 4.78 is 18.2. The Bertz CT molecular complexity index is 437. The summed E-state index contributed by atoms with van der Waals surface area (Å²) in [6.07, 6.45) is 0. The summed E-state index contributed by atoms with van der Waals surface area (Å²) in [4.78, 5) is 11.9. The Morgan fingerprint density at radius 3 is 2.94 bits per heavy atom. The molecule has 4 nitrogen and oxygen atoms in total. The minimum absolute atomic E-state index is 0.219. The Balaban J connectivity index is 2.10. The van der Waals surface area contributed by atoms with E-state index in [1.807, 2.05) is 0 Å². The van der Waals surface area contributed by atoms with Crippen molar-refractivity contribution in [3.63, 3.8) is 0 Å². The minimum Gasteiger partial charge on any atom is -0.379 e. The number of rotatable bonds is 2. The first-order chi connectivity index (χ1) is 8.08. The first kappa shape index (κ1) is 12.0. The fourth-order valence-electron chi connectivity index (χ4n) is 1.80. The van der Waals surface area contributed by atoms with Gasteiger partial charge in [0.25, 0.3) is 0 Å². The number of anilines is 1. The van der Waals surface area contributed by atoms with E-state index in [4.69, 9.17) is 10.5 Å². The third-order valence-electron chi connectivity index (χ3n) is 2.92. The predicted molar refractivity (Wildman–Crippen MR) is 62.1 cm³/mol. The third kappa shape index (κ3) is 2.62. The summed E-state index contributed by atoms with van der Waals surface area (Å²) in [5.41, 5.74) is 7.03. The fraction of sp³-hybridized carbons (Fsp3) is 0.417. The van der Waals surface area contributed by atoms with Gasteiger partial charge in [0.1, 0.15) is 5.82 Å². The summed E-state index contributed by atoms with van der Waals surface area (Å²) in [5, 5.41) is 2.68. The van der Waals surface area contributed by atoms with Gasteiger partial charge >= 0.3 is 0 Å². The average Bonchev–Trinajstić information content (AvgIpc) is 2.70. The highest BCUT2D eigenvalue weighted by molar-refractivity contribution is 5.94. The van der Waals surface area contributed by atoms with Crippen LogP contribution in [0.15, 0.2) is 18.2 Å². The molecule has 17 heavy (non-hydrogen) atoms. The zero-order valence-corrected chi connectivity index (χ0v) is 9.57. The van der Waals surface area contributed by atoms with Crippen molar-refractivity contribution in [2.24, 2.45) is 11.7 Å². The molecule has 2 rings (SSSR count). The summed E-state index contributed by atoms with van der Waals surface area (Å²) >= 11 is 0. The number of ether oxygens (including phenoxy) is 1. The molecule has 0 bridgehead atoms. The zero-order chi connectivity index (χ0) is 12.4. The molecule has 1 heterocycles. The molecule has 1 amide bonds. The maximum absolute atomic E-state index is 13.1. The van der Waals surface area contributed by atoms with Crippen molar-refractivity contribution in [3.8, 4) is 0 Å². The van der Waals surface area contributed by atoms with E-state index in [0.717, 1.165) is 5.56 Å². The minimum atomic E-state index is -0.377. The molecule has 3 N–H and O–H groups in total. The smallest absolute Gasteiger partial charge is 0.231 e. The zero-order valence-electron chi connectivity index (χ0n) is 9.57. The van der Waals surface area contributed by atoms with Crippen molar-refractivity contribution in [2.45, 2.75) is 13.0 Å². The van der Waals surface area contributed by atoms with Gasteiger partial charge in [-0.2, -0.15) is 0 Å². The van der Waals surface area contributed by atoms with E-state index in [-0.39, 0.29) is 23.7 Å². The molecule has 1 aromatic carbocycles. The molecule has 1 aliphatic rings. The topological polar surface area (TPSA) is 64.3 Å². The number of hydrogen-bond donors (Lipinski definition) is 2. The number of carbonyl (C=O) groups excluding carboxylic acids is 1. The van der Waals surface area contributed by atoms with Crippen LogP contribution in [0.4, 0.5) is 10.1 Å². The predicted octanol–water partition coefficient (Wildman–Crippen LogP) is 1.05. The first-order valence-corrected chi connectivity index (χ1v) is 5.48. The van der Waals surface area contributed by atoms with Crippen molar-refractivity contribution in [1.29, 1.82) is 0 Å². The maximum atomic E-state index is 13.1. The second-order valence-electron chi connectivity index (χ2n) is 4.26. The number of aryl methyl sites for hydroxylation is 1. The van der Waals surface area contributed by atoms with Gasteiger partial charge < -0.3 is 15.8 Å². The molecule has 1 aliphatic heterocycles. The van der Waals surface area contributed by atoms with Crippen LogP contribution in [0, 0.1) is 18.7 Å². The van der Waals surface area contributed by atoms with Crippen molar-refractivity contribution >= 4 is 11.6 Å². The lowest BCUT2D eigenvalue weighted by Gasteiger charge is -2.14. The van der Waals surface area contributed by atoms with E-state index < -0.39 is 0 Å². The van der Waals surface area contributed by atoms with Crippen molar-refractivity contribution < 1.29 is 13.9 Å². The van der Waals surface area contributed by atoms with Gasteiger partial charge in [0.2, 0.25) is 5.91 Å². The van der Waals surface area contributed by atoms with Crippen LogP contribution in [0.5, 0.6) is 0 Å². The maximum Gasteiger partial charge on any atom is 0.231 e. The van der Waals surface area contributed by atoms with Crippen LogP contribution in [-0.4, -0.2) is 25.2 Å². The van der Waals surface area contributed by atoms with Crippen LogP contribution >= 0.6 is 0 Å². The quantitative estimate of drug-likeness (QED) is 0.809. The molecule has 2 atom stereocenters. The van der Waals surface area contributed by atoms with Gasteiger partial charge in [0.05, 0.1) is 19.1 Å². The summed E-state index contributed by atoms with van der Waals surface area (Å²) in [6, 6.07) is 3.99. The molecule has 5 heteroatoms. The van der Waals surface area contributed by atoms with Gasteiger partial charge in [-0.05, 0) is 24.6 Å². The Hall–Kier alpha value is -1.46. The molecule has 2 unspecified atom stereocenters. The van der Waals surface area contributed by atoms with Gasteiger partial charge in [-0.1, -0.05) is 6.07 Å². The molecule has 0 aliphatic carbocycles. The first-order valence-electron chi connectivity index (χ1n) is 5.48. The number of halogens is 1. The number of carbonyl (C=O) groups is 1. The highest BCUT2D eigenvalue weighted by Gasteiger charge is 2.31. The van der Waals surface area contributed by atoms with Gasteiger partial charge in [-0.3, -0.25) is 4.79 Å². The Kier molecular flexibility index (Phi) is 3.40. The normalized spacial score (nSPS) is 23.7. The van der Waals surface area contributed by atoms with Gasteiger partial charge in [-0.15, -0.1) is 0 Å². The van der Waals surface area contributed by atoms with Crippen molar-refractivity contribution in [2.75, 3.05) is 18.5 Å². The number of hydrogen-bond acceptors (Lipinski definition) is 3. The molecule has 0 radical (unpaired) electrons. The van der Waals surface area contributed by atoms with Crippen LogP contribution in [0.1, 0.15) is 5.56 Å². The fourth-order valence-corrected chi connectivity index (χ4v) is 1.80. The highest BCUT2D eigenvalue weighted by Crippen LogP contribution is 2.19. The van der Waals surface area contributed by atoms with Crippen LogP contribution in [0.2, 0.25) is 0 Å². The van der Waals surface area contributed by atoms with Gasteiger partial charge in [0, 0.05) is 11.7 Å². The molecule has 92 valence electrons. The molecule has 0 spiro atoms. The molecule has 0 aromatic heterocycles. The SMILES string of the molecule is Cc1ccc(F)cc1NC(=O)C1COCC1N. The Morgan fingerprint density at radius 2 is 2.29 bits per heavy atom. The van der Waals surface area contributed by atoms with Gasteiger partial charge in [0.15, 0.2) is 0 Å². The standard InChI is InChI=1S/C12H15FN2O2/c1-7-2-3-8(13)4-11(7)15-12(16)9-5-17-6-10(9)14/h2-4,9-10H,5-6,14H2,1H3,(H,15,16). The summed E-state index contributed by atoms with van der Waals surface area (Å²) in [7, 11) is 0.